The molecule has 0 bridgehead atoms. The number of anilines is 1. The van der Waals surface area contributed by atoms with E-state index in [2.05, 4.69) is 31.1 Å². The van der Waals surface area contributed by atoms with E-state index in [-0.39, 0.29) is 17.1 Å². The summed E-state index contributed by atoms with van der Waals surface area (Å²) in [4.78, 5) is 12.5. The zero-order valence-electron chi connectivity index (χ0n) is 15.0. The van der Waals surface area contributed by atoms with Crippen molar-refractivity contribution in [3.63, 3.8) is 0 Å². The van der Waals surface area contributed by atoms with Crippen LogP contribution in [0.5, 0.6) is 11.5 Å². The van der Waals surface area contributed by atoms with Crippen molar-refractivity contribution in [1.82, 2.24) is 9.78 Å². The van der Waals surface area contributed by atoms with Gasteiger partial charge in [0.15, 0.2) is 17.3 Å². The van der Waals surface area contributed by atoms with Crippen LogP contribution in [0.3, 0.4) is 0 Å². The maximum Gasteiger partial charge on any atom is 0.387 e. The first kappa shape index (κ1) is 21.1. The van der Waals surface area contributed by atoms with Crippen molar-refractivity contribution in [2.45, 2.75) is 13.2 Å². The Kier molecular flexibility index (Phi) is 6.71. The van der Waals surface area contributed by atoms with Crippen LogP contribution < -0.4 is 14.8 Å². The van der Waals surface area contributed by atoms with Gasteiger partial charge in [0.2, 0.25) is 0 Å². The molecule has 1 heterocycles. The van der Waals surface area contributed by atoms with Crippen LogP contribution in [0.4, 0.5) is 14.6 Å². The van der Waals surface area contributed by atoms with E-state index in [0.29, 0.717) is 21.9 Å². The molecular formula is C19H15BrClF2N3O3. The number of nitrogens with zero attached hydrogens (tertiary/aromatic N) is 2. The molecule has 29 heavy (non-hydrogen) atoms. The van der Waals surface area contributed by atoms with Gasteiger partial charge in [-0.1, -0.05) is 29.8 Å². The Morgan fingerprint density at radius 1 is 1.28 bits per heavy atom. The highest BCUT2D eigenvalue weighted by atomic mass is 79.9. The highest BCUT2D eigenvalue weighted by Crippen LogP contribution is 2.30. The van der Waals surface area contributed by atoms with Crippen molar-refractivity contribution in [3.05, 3.63) is 69.3 Å². The van der Waals surface area contributed by atoms with Gasteiger partial charge in [-0.15, -0.1) is 0 Å². The molecule has 0 fully saturated rings. The average molecular weight is 487 g/mol. The van der Waals surface area contributed by atoms with Crippen LogP contribution in [0.25, 0.3) is 0 Å². The van der Waals surface area contributed by atoms with Gasteiger partial charge in [-0.3, -0.25) is 9.48 Å². The molecule has 0 unspecified atom stereocenters. The number of alkyl halides is 2. The summed E-state index contributed by atoms with van der Waals surface area (Å²) in [6.45, 7) is -2.58. The summed E-state index contributed by atoms with van der Waals surface area (Å²) in [5.74, 6) is -0.338. The van der Waals surface area contributed by atoms with E-state index >= 15 is 0 Å². The Bertz CT molecular complexity index is 1030. The van der Waals surface area contributed by atoms with E-state index in [1.54, 1.807) is 16.9 Å². The van der Waals surface area contributed by atoms with Gasteiger partial charge in [-0.25, -0.2) is 0 Å². The summed E-state index contributed by atoms with van der Waals surface area (Å²) in [5.41, 5.74) is 1.07. The third-order valence-corrected chi connectivity index (χ3v) is 4.83. The highest BCUT2D eigenvalue weighted by molar-refractivity contribution is 9.10. The minimum atomic E-state index is -3.00. The van der Waals surface area contributed by atoms with E-state index in [9.17, 15) is 13.6 Å². The van der Waals surface area contributed by atoms with E-state index in [4.69, 9.17) is 16.3 Å². The first-order valence-corrected chi connectivity index (χ1v) is 9.45. The van der Waals surface area contributed by atoms with Crippen LogP contribution >= 0.6 is 27.5 Å². The van der Waals surface area contributed by atoms with Crippen LogP contribution in [0.1, 0.15) is 15.9 Å². The van der Waals surface area contributed by atoms with E-state index < -0.39 is 12.5 Å². The number of nitrogens with one attached hydrogen (secondary N) is 1. The molecule has 0 aliphatic rings. The molecule has 0 saturated carbocycles. The van der Waals surface area contributed by atoms with Gasteiger partial charge < -0.3 is 14.8 Å². The molecule has 3 aromatic rings. The number of carbonyl (C=O) groups is 1. The van der Waals surface area contributed by atoms with Crippen molar-refractivity contribution in [1.29, 1.82) is 0 Å². The molecule has 0 aliphatic carbocycles. The molecular weight excluding hydrogens is 472 g/mol. The number of methoxy groups -OCH3 is 1. The van der Waals surface area contributed by atoms with Gasteiger partial charge in [-0.05, 0) is 45.8 Å². The Morgan fingerprint density at radius 3 is 2.72 bits per heavy atom. The number of benzene rings is 2. The molecule has 3 rings (SSSR count). The van der Waals surface area contributed by atoms with Crippen molar-refractivity contribution in [3.8, 4) is 11.5 Å². The topological polar surface area (TPSA) is 65.4 Å². The number of aromatic nitrogens is 2. The number of carbonyl (C=O) groups excluding carboxylic acids is 1. The first-order valence-electron chi connectivity index (χ1n) is 8.28. The lowest BCUT2D eigenvalue weighted by Gasteiger charge is -2.11. The molecule has 0 saturated heterocycles. The smallest absolute Gasteiger partial charge is 0.387 e. The molecule has 0 atom stereocenters. The van der Waals surface area contributed by atoms with Gasteiger partial charge in [0, 0.05) is 16.8 Å². The van der Waals surface area contributed by atoms with Crippen LogP contribution in [0, 0.1) is 0 Å². The normalized spacial score (nSPS) is 10.8. The Hall–Kier alpha value is -2.65. The monoisotopic (exact) mass is 485 g/mol. The zero-order chi connectivity index (χ0) is 21.0. The lowest BCUT2D eigenvalue weighted by atomic mass is 10.2. The molecule has 152 valence electrons. The van der Waals surface area contributed by atoms with Crippen molar-refractivity contribution in [2.75, 3.05) is 12.4 Å². The molecule has 1 aromatic heterocycles. The molecule has 1 N–H and O–H groups in total. The molecule has 10 heteroatoms. The molecule has 1 amide bonds. The molecule has 0 aliphatic heterocycles. The maximum atomic E-state index is 12.5. The van der Waals surface area contributed by atoms with Crippen molar-refractivity contribution < 1.29 is 23.0 Å². The maximum absolute atomic E-state index is 12.5. The van der Waals surface area contributed by atoms with Crippen LogP contribution in [0.2, 0.25) is 5.02 Å². The Morgan fingerprint density at radius 2 is 2.03 bits per heavy atom. The van der Waals surface area contributed by atoms with Gasteiger partial charge in [0.05, 0.1) is 18.1 Å². The number of amides is 1. The van der Waals surface area contributed by atoms with Crippen molar-refractivity contribution >= 4 is 39.3 Å². The SMILES string of the molecule is COc1cc(C(=O)Nc2nn(Cc3ccccc3Cl)cc2Br)ccc1OC(F)F. The fourth-order valence-corrected chi connectivity index (χ4v) is 3.16. The summed E-state index contributed by atoms with van der Waals surface area (Å²) in [7, 11) is 1.29. The van der Waals surface area contributed by atoms with Gasteiger partial charge >= 0.3 is 6.61 Å². The second kappa shape index (κ2) is 9.23. The number of hydrogen-bond donors (Lipinski definition) is 1. The zero-order valence-corrected chi connectivity index (χ0v) is 17.4. The van der Waals surface area contributed by atoms with Crippen LogP contribution in [-0.2, 0) is 6.54 Å². The van der Waals surface area contributed by atoms with E-state index in [0.717, 1.165) is 5.56 Å². The third kappa shape index (κ3) is 5.24. The van der Waals surface area contributed by atoms with Crippen LogP contribution in [-0.4, -0.2) is 29.4 Å². The second-order valence-electron chi connectivity index (χ2n) is 5.81. The minimum Gasteiger partial charge on any atom is -0.493 e. The minimum absolute atomic E-state index is 0.0151. The second-order valence-corrected chi connectivity index (χ2v) is 7.07. The molecule has 2 aromatic carbocycles. The summed E-state index contributed by atoms with van der Waals surface area (Å²) in [5, 5.41) is 7.61. The van der Waals surface area contributed by atoms with Gasteiger partial charge in [0.1, 0.15) is 0 Å². The molecule has 0 radical (unpaired) electrons. The van der Waals surface area contributed by atoms with E-state index in [1.807, 2.05) is 18.2 Å². The number of hydrogen-bond acceptors (Lipinski definition) is 4. The highest BCUT2D eigenvalue weighted by Gasteiger charge is 2.16. The van der Waals surface area contributed by atoms with Gasteiger partial charge in [0.25, 0.3) is 5.91 Å². The fraction of sp³-hybridized carbons (Fsp3) is 0.158. The summed E-state index contributed by atoms with van der Waals surface area (Å²) in [6.07, 6.45) is 1.71. The summed E-state index contributed by atoms with van der Waals surface area (Å²) in [6, 6.07) is 11.3. The van der Waals surface area contributed by atoms with Crippen molar-refractivity contribution in [2.24, 2.45) is 0 Å². The Labute approximate surface area is 178 Å². The predicted octanol–water partition coefficient (Wildman–Crippen LogP) is 5.21. The number of ether oxygens (including phenoxy) is 2. The lowest BCUT2D eigenvalue weighted by molar-refractivity contribution is -0.0512. The first-order chi connectivity index (χ1) is 13.9. The van der Waals surface area contributed by atoms with E-state index in [1.165, 1.54) is 25.3 Å². The molecule has 0 spiro atoms. The summed E-state index contributed by atoms with van der Waals surface area (Å²) >= 11 is 9.52. The fourth-order valence-electron chi connectivity index (χ4n) is 2.55. The quantitative estimate of drug-likeness (QED) is 0.498. The predicted molar refractivity (Wildman–Crippen MR) is 108 cm³/mol. The Balaban J connectivity index is 1.75. The van der Waals surface area contributed by atoms with Crippen LogP contribution in [0.15, 0.2) is 53.1 Å². The number of halogens is 4. The average Bonchev–Trinajstić information content (AvgIpc) is 3.02. The summed E-state index contributed by atoms with van der Waals surface area (Å²) < 4.78 is 36.4. The standard InChI is InChI=1S/C19H15BrClF2N3O3/c1-28-16-8-11(6-7-15(16)29-19(22)23)18(27)24-17-13(20)10-26(25-17)9-12-4-2-3-5-14(12)21/h2-8,10,19H,9H2,1H3,(H,24,25,27). The number of rotatable bonds is 7. The lowest BCUT2D eigenvalue weighted by Crippen LogP contribution is -2.14. The largest absolute Gasteiger partial charge is 0.493 e. The third-order valence-electron chi connectivity index (χ3n) is 3.88. The van der Waals surface area contributed by atoms with Gasteiger partial charge in [-0.2, -0.15) is 13.9 Å². The molecule has 6 nitrogen and oxygen atoms in total.